The van der Waals surface area contributed by atoms with E-state index < -0.39 is 6.04 Å². The van der Waals surface area contributed by atoms with Crippen LogP contribution in [0.2, 0.25) is 0 Å². The van der Waals surface area contributed by atoms with Crippen LogP contribution in [0.3, 0.4) is 0 Å². The second kappa shape index (κ2) is 9.43. The molecule has 1 N–H and O–H groups in total. The minimum atomic E-state index is -0.416. The Bertz CT molecular complexity index is 743. The number of rotatable bonds is 8. The topological polar surface area (TPSA) is 66.5 Å². The molecule has 156 valence electrons. The first-order valence-corrected chi connectivity index (χ1v) is 11.9. The molecule has 0 aromatic heterocycles. The average molecular weight is 415 g/mol. The van der Waals surface area contributed by atoms with Crippen molar-refractivity contribution in [3.63, 3.8) is 0 Å². The molecule has 5 nitrogen and oxygen atoms in total. The maximum Gasteiger partial charge on any atom is 0.223 e. The highest BCUT2D eigenvalue weighted by atomic mass is 32.2. The molecule has 1 aromatic rings. The van der Waals surface area contributed by atoms with Crippen molar-refractivity contribution in [1.29, 1.82) is 0 Å². The number of unbranched alkanes of at least 4 members (excludes halogenated alkanes) is 1. The third kappa shape index (κ3) is 4.58. The highest BCUT2D eigenvalue weighted by Gasteiger charge is 2.42. The van der Waals surface area contributed by atoms with Crippen LogP contribution in [0.5, 0.6) is 0 Å². The van der Waals surface area contributed by atoms with Gasteiger partial charge in [0.05, 0.1) is 17.3 Å². The first kappa shape index (κ1) is 20.6. The number of fused-ring (bicyclic) bond motifs is 1. The molecule has 2 heterocycles. The van der Waals surface area contributed by atoms with Gasteiger partial charge in [0.15, 0.2) is 5.78 Å². The lowest BCUT2D eigenvalue weighted by Gasteiger charge is -2.26. The summed E-state index contributed by atoms with van der Waals surface area (Å²) in [6.07, 6.45) is 8.39. The Kier molecular flexibility index (Phi) is 6.70. The summed E-state index contributed by atoms with van der Waals surface area (Å²) in [5.74, 6) is 1.47. The number of hydrogen-bond acceptors (Lipinski definition) is 5. The van der Waals surface area contributed by atoms with E-state index in [-0.39, 0.29) is 23.0 Å². The maximum atomic E-state index is 12.9. The lowest BCUT2D eigenvalue weighted by atomic mass is 9.98. The first-order valence-electron chi connectivity index (χ1n) is 10.9. The fraction of sp³-hybridized carbons (Fsp3) is 0.609. The van der Waals surface area contributed by atoms with Gasteiger partial charge in [0.2, 0.25) is 5.91 Å². The fourth-order valence-corrected chi connectivity index (χ4v) is 6.24. The van der Waals surface area contributed by atoms with Crippen molar-refractivity contribution < 1.29 is 14.4 Å². The van der Waals surface area contributed by atoms with Gasteiger partial charge in [0.25, 0.3) is 0 Å². The zero-order chi connectivity index (χ0) is 20.2. The van der Waals surface area contributed by atoms with Crippen molar-refractivity contribution in [2.75, 3.05) is 12.4 Å². The Labute approximate surface area is 177 Å². The number of carbonyl (C=O) groups excluding carboxylic acids is 3. The molecule has 3 aliphatic rings. The quantitative estimate of drug-likeness (QED) is 0.523. The van der Waals surface area contributed by atoms with Crippen molar-refractivity contribution in [2.45, 2.75) is 68.7 Å². The summed E-state index contributed by atoms with van der Waals surface area (Å²) in [5.41, 5.74) is 2.97. The summed E-state index contributed by atoms with van der Waals surface area (Å²) in [4.78, 5) is 38.7. The molecular formula is C23H30N2O3S. The van der Waals surface area contributed by atoms with E-state index >= 15 is 0 Å². The second-order valence-corrected chi connectivity index (χ2v) is 9.66. The van der Waals surface area contributed by atoms with Crippen LogP contribution in [0.4, 0.5) is 0 Å². The first-order chi connectivity index (χ1) is 14.2. The number of nitrogens with one attached hydrogen (secondary N) is 1. The lowest BCUT2D eigenvalue weighted by molar-refractivity contribution is -0.137. The van der Waals surface area contributed by atoms with E-state index in [0.29, 0.717) is 24.8 Å². The predicted molar refractivity (Wildman–Crippen MR) is 115 cm³/mol. The number of ketones is 1. The Morgan fingerprint density at radius 2 is 1.93 bits per heavy atom. The largest absolute Gasteiger partial charge is 0.333 e. The van der Waals surface area contributed by atoms with Crippen LogP contribution in [0.25, 0.3) is 0 Å². The van der Waals surface area contributed by atoms with Gasteiger partial charge in [-0.2, -0.15) is 0 Å². The smallest absolute Gasteiger partial charge is 0.223 e. The van der Waals surface area contributed by atoms with Gasteiger partial charge in [-0.25, -0.2) is 0 Å². The number of hydrogen-bond donors (Lipinski definition) is 1. The number of aldehydes is 1. The molecule has 29 heavy (non-hydrogen) atoms. The van der Waals surface area contributed by atoms with Gasteiger partial charge < -0.3 is 9.69 Å². The summed E-state index contributed by atoms with van der Waals surface area (Å²) in [6.45, 7) is 0.670. The van der Waals surface area contributed by atoms with Crippen molar-refractivity contribution in [2.24, 2.45) is 5.92 Å². The molecule has 1 aliphatic carbocycles. The number of nitrogens with zero attached hydrogens (tertiary/aromatic N) is 1. The molecule has 6 heteroatoms. The maximum absolute atomic E-state index is 12.9. The minimum Gasteiger partial charge on any atom is -0.333 e. The third-order valence-corrected chi connectivity index (χ3v) is 7.84. The zero-order valence-corrected chi connectivity index (χ0v) is 17.7. The van der Waals surface area contributed by atoms with Crippen LogP contribution >= 0.6 is 11.8 Å². The SMILES string of the molecule is O=C[C@H]1NCSC1C(=O)[C@@H]1CCCN1C(=O)CCCCC1Cc2ccccc2C1. The van der Waals surface area contributed by atoms with E-state index in [2.05, 4.69) is 29.6 Å². The van der Waals surface area contributed by atoms with Gasteiger partial charge in [-0.15, -0.1) is 11.8 Å². The average Bonchev–Trinajstić information content (AvgIpc) is 3.48. The second-order valence-electron chi connectivity index (χ2n) is 8.53. The van der Waals surface area contributed by atoms with E-state index in [9.17, 15) is 14.4 Å². The Morgan fingerprint density at radius 3 is 2.66 bits per heavy atom. The van der Waals surface area contributed by atoms with Gasteiger partial charge >= 0.3 is 0 Å². The number of benzene rings is 1. The summed E-state index contributed by atoms with van der Waals surface area (Å²) in [7, 11) is 0. The van der Waals surface area contributed by atoms with Crippen LogP contribution in [0, 0.1) is 5.92 Å². The van der Waals surface area contributed by atoms with Crippen LogP contribution < -0.4 is 5.32 Å². The molecular weight excluding hydrogens is 384 g/mol. The van der Waals surface area contributed by atoms with Crippen LogP contribution in [0.15, 0.2) is 24.3 Å². The van der Waals surface area contributed by atoms with E-state index in [1.165, 1.54) is 22.9 Å². The highest BCUT2D eigenvalue weighted by Crippen LogP contribution is 2.31. The molecule has 0 radical (unpaired) electrons. The summed E-state index contributed by atoms with van der Waals surface area (Å²) in [5, 5.41) is 2.70. The van der Waals surface area contributed by atoms with Crippen molar-refractivity contribution in [1.82, 2.24) is 10.2 Å². The Hall–Kier alpha value is -1.66. The normalized spacial score (nSPS) is 26.6. The molecule has 4 rings (SSSR count). The van der Waals surface area contributed by atoms with Crippen LogP contribution in [-0.2, 0) is 27.2 Å². The molecule has 1 unspecified atom stereocenters. The monoisotopic (exact) mass is 414 g/mol. The van der Waals surface area contributed by atoms with Crippen molar-refractivity contribution >= 4 is 29.7 Å². The number of Topliss-reactive ketones (excluding diaryl/α,β-unsaturated/α-hetero) is 1. The Balaban J connectivity index is 1.22. The van der Waals surface area contributed by atoms with Gasteiger partial charge in [0, 0.05) is 18.8 Å². The minimum absolute atomic E-state index is 0.0478. The van der Waals surface area contributed by atoms with Gasteiger partial charge in [-0.1, -0.05) is 30.7 Å². The number of thioether (sulfide) groups is 1. The molecule has 2 saturated heterocycles. The van der Waals surface area contributed by atoms with Crippen LogP contribution in [-0.4, -0.2) is 52.6 Å². The van der Waals surface area contributed by atoms with Crippen LogP contribution in [0.1, 0.15) is 49.7 Å². The van der Waals surface area contributed by atoms with Crippen molar-refractivity contribution in [3.05, 3.63) is 35.4 Å². The third-order valence-electron chi connectivity index (χ3n) is 6.63. The van der Waals surface area contributed by atoms with Gasteiger partial charge in [0.1, 0.15) is 6.29 Å². The zero-order valence-electron chi connectivity index (χ0n) is 16.8. The summed E-state index contributed by atoms with van der Waals surface area (Å²) in [6, 6.07) is 7.94. The standard InChI is InChI=1S/C23H30N2O3S/c26-14-19-23(29-15-24-19)22(28)20-9-5-11-25(20)21(27)10-4-1-6-16-12-17-7-2-3-8-18(17)13-16/h2-3,7-8,14,16,19-20,23-24H,1,4-6,9-13,15H2/t19-,20+,23?/m1/s1. The fourth-order valence-electron chi connectivity index (χ4n) is 5.08. The molecule has 3 atom stereocenters. The van der Waals surface area contributed by atoms with E-state index in [0.717, 1.165) is 51.2 Å². The molecule has 2 fully saturated rings. The number of amides is 1. The molecule has 1 amide bonds. The molecule has 0 bridgehead atoms. The van der Waals surface area contributed by atoms with E-state index in [4.69, 9.17) is 0 Å². The molecule has 2 aliphatic heterocycles. The van der Waals surface area contributed by atoms with Crippen molar-refractivity contribution in [3.8, 4) is 0 Å². The highest BCUT2D eigenvalue weighted by molar-refractivity contribution is 8.00. The molecule has 0 saturated carbocycles. The van der Waals surface area contributed by atoms with E-state index in [1.807, 2.05) is 0 Å². The lowest BCUT2D eigenvalue weighted by Crippen LogP contribution is -2.47. The van der Waals surface area contributed by atoms with Gasteiger partial charge in [-0.05, 0) is 55.6 Å². The number of likely N-dealkylation sites (tertiary alicyclic amines) is 1. The van der Waals surface area contributed by atoms with E-state index in [1.54, 1.807) is 4.90 Å². The number of carbonyl (C=O) groups is 3. The molecule has 1 aromatic carbocycles. The summed E-state index contributed by atoms with van der Waals surface area (Å²) < 4.78 is 0. The predicted octanol–water partition coefficient (Wildman–Crippen LogP) is 2.75. The molecule has 0 spiro atoms. The Morgan fingerprint density at radius 1 is 1.17 bits per heavy atom. The van der Waals surface area contributed by atoms with Gasteiger partial charge in [-0.3, -0.25) is 14.9 Å². The summed E-state index contributed by atoms with van der Waals surface area (Å²) >= 11 is 1.48.